The van der Waals surface area contributed by atoms with Crippen molar-refractivity contribution in [2.24, 2.45) is 10.7 Å². The van der Waals surface area contributed by atoms with E-state index in [-0.39, 0.29) is 6.10 Å². The number of ether oxygens (including phenoxy) is 1. The van der Waals surface area contributed by atoms with Crippen molar-refractivity contribution >= 4 is 17.5 Å². The number of hydrogen-bond donors (Lipinski definition) is 1. The molecule has 1 aromatic rings. The Kier molecular flexibility index (Phi) is 3.23. The third-order valence-corrected chi connectivity index (χ3v) is 2.53. The monoisotopic (exact) mass is 224 g/mol. The highest BCUT2D eigenvalue weighted by atomic mass is 35.5. The molecule has 0 aromatic heterocycles. The molecule has 1 atom stereocenters. The van der Waals surface area contributed by atoms with Gasteiger partial charge in [0.05, 0.1) is 6.54 Å². The van der Waals surface area contributed by atoms with Crippen molar-refractivity contribution in [1.29, 1.82) is 0 Å². The van der Waals surface area contributed by atoms with Gasteiger partial charge in [0.2, 0.25) is 0 Å². The van der Waals surface area contributed by atoms with Crippen LogP contribution in [0.25, 0.3) is 0 Å². The molecule has 2 N–H and O–H groups in total. The summed E-state index contributed by atoms with van der Waals surface area (Å²) < 4.78 is 5.65. The molecule has 0 spiro atoms. The van der Waals surface area contributed by atoms with Gasteiger partial charge in [0.25, 0.3) is 0 Å². The third kappa shape index (κ3) is 2.49. The topological polar surface area (TPSA) is 47.6 Å². The summed E-state index contributed by atoms with van der Waals surface area (Å²) in [5.74, 6) is 0.752. The smallest absolute Gasteiger partial charge is 0.185 e. The fourth-order valence-corrected chi connectivity index (χ4v) is 1.76. The van der Waals surface area contributed by atoms with Gasteiger partial charge < -0.3 is 10.5 Å². The molecule has 2 rings (SSSR count). The number of benzene rings is 1. The summed E-state index contributed by atoms with van der Waals surface area (Å²) in [5, 5.41) is 0.725. The molecule has 80 valence electrons. The van der Waals surface area contributed by atoms with Crippen LogP contribution in [0.4, 0.5) is 0 Å². The van der Waals surface area contributed by atoms with Crippen molar-refractivity contribution in [3.63, 3.8) is 0 Å². The van der Waals surface area contributed by atoms with Gasteiger partial charge in [-0.3, -0.25) is 4.99 Å². The fraction of sp³-hybridized carbons (Fsp3) is 0.364. The highest BCUT2D eigenvalue weighted by molar-refractivity contribution is 6.30. The first-order valence-electron chi connectivity index (χ1n) is 4.95. The Labute approximate surface area is 93.9 Å². The second-order valence-electron chi connectivity index (χ2n) is 3.43. The van der Waals surface area contributed by atoms with Crippen LogP contribution in [0.3, 0.4) is 0 Å². The first-order chi connectivity index (χ1) is 7.29. The van der Waals surface area contributed by atoms with E-state index in [0.29, 0.717) is 19.5 Å². The van der Waals surface area contributed by atoms with Crippen LogP contribution in [0, 0.1) is 0 Å². The SMILES string of the molecule is NCCC1=NCC(c2cccc(Cl)c2)O1. The molecular formula is C11H13ClN2O. The van der Waals surface area contributed by atoms with Crippen LogP contribution in [0.2, 0.25) is 5.02 Å². The van der Waals surface area contributed by atoms with Crippen LogP contribution in [0.5, 0.6) is 0 Å². The van der Waals surface area contributed by atoms with Crippen LogP contribution in [-0.2, 0) is 4.74 Å². The molecule has 0 bridgehead atoms. The van der Waals surface area contributed by atoms with Crippen LogP contribution in [0.15, 0.2) is 29.3 Å². The molecule has 1 aliphatic rings. The average molecular weight is 225 g/mol. The quantitative estimate of drug-likeness (QED) is 0.856. The number of hydrogen-bond acceptors (Lipinski definition) is 3. The maximum Gasteiger partial charge on any atom is 0.185 e. The highest BCUT2D eigenvalue weighted by Gasteiger charge is 2.20. The second kappa shape index (κ2) is 4.64. The minimum Gasteiger partial charge on any atom is -0.471 e. The molecule has 0 fully saturated rings. The average Bonchev–Trinajstić information content (AvgIpc) is 2.67. The zero-order valence-electron chi connectivity index (χ0n) is 8.32. The third-order valence-electron chi connectivity index (χ3n) is 2.29. The van der Waals surface area contributed by atoms with Crippen molar-refractivity contribution in [2.45, 2.75) is 12.5 Å². The molecule has 1 unspecified atom stereocenters. The van der Waals surface area contributed by atoms with E-state index < -0.39 is 0 Å². The van der Waals surface area contributed by atoms with Gasteiger partial charge in [0, 0.05) is 18.0 Å². The van der Waals surface area contributed by atoms with Crippen LogP contribution >= 0.6 is 11.6 Å². The van der Waals surface area contributed by atoms with Crippen molar-refractivity contribution in [2.75, 3.05) is 13.1 Å². The Hall–Kier alpha value is -1.06. The lowest BCUT2D eigenvalue weighted by atomic mass is 10.1. The molecule has 0 saturated carbocycles. The van der Waals surface area contributed by atoms with E-state index in [1.165, 1.54) is 0 Å². The predicted molar refractivity (Wildman–Crippen MR) is 61.3 cm³/mol. The Morgan fingerprint density at radius 3 is 3.13 bits per heavy atom. The van der Waals surface area contributed by atoms with Gasteiger partial charge in [-0.1, -0.05) is 23.7 Å². The van der Waals surface area contributed by atoms with E-state index in [4.69, 9.17) is 22.1 Å². The molecule has 0 saturated heterocycles. The number of halogens is 1. The summed E-state index contributed by atoms with van der Waals surface area (Å²) in [4.78, 5) is 4.28. The predicted octanol–water partition coefficient (Wildman–Crippen LogP) is 2.16. The lowest BCUT2D eigenvalue weighted by Crippen LogP contribution is -2.10. The maximum absolute atomic E-state index is 5.91. The molecule has 15 heavy (non-hydrogen) atoms. The minimum atomic E-state index is 0.00486. The number of nitrogens with zero attached hydrogens (tertiary/aromatic N) is 1. The fourth-order valence-electron chi connectivity index (χ4n) is 1.57. The zero-order valence-corrected chi connectivity index (χ0v) is 9.07. The van der Waals surface area contributed by atoms with E-state index in [1.54, 1.807) is 0 Å². The van der Waals surface area contributed by atoms with Gasteiger partial charge in [0.15, 0.2) is 5.90 Å². The molecule has 4 heteroatoms. The first kappa shape index (κ1) is 10.5. The van der Waals surface area contributed by atoms with Crippen LogP contribution in [0.1, 0.15) is 18.1 Å². The Morgan fingerprint density at radius 1 is 1.53 bits per heavy atom. The molecule has 1 aromatic carbocycles. The van der Waals surface area contributed by atoms with Crippen molar-refractivity contribution < 1.29 is 4.74 Å². The zero-order chi connectivity index (χ0) is 10.7. The van der Waals surface area contributed by atoms with Gasteiger partial charge in [0.1, 0.15) is 6.10 Å². The molecule has 0 amide bonds. The van der Waals surface area contributed by atoms with E-state index in [1.807, 2.05) is 24.3 Å². The number of nitrogens with two attached hydrogens (primary N) is 1. The van der Waals surface area contributed by atoms with Crippen molar-refractivity contribution in [3.8, 4) is 0 Å². The molecule has 1 heterocycles. The van der Waals surface area contributed by atoms with Crippen molar-refractivity contribution in [1.82, 2.24) is 0 Å². The lowest BCUT2D eigenvalue weighted by molar-refractivity contribution is 0.224. The van der Waals surface area contributed by atoms with Gasteiger partial charge in [-0.05, 0) is 17.7 Å². The summed E-state index contributed by atoms with van der Waals surface area (Å²) in [5.41, 5.74) is 6.50. The molecular weight excluding hydrogens is 212 g/mol. The molecule has 0 radical (unpaired) electrons. The summed E-state index contributed by atoms with van der Waals surface area (Å²) in [6.45, 7) is 1.23. The summed E-state index contributed by atoms with van der Waals surface area (Å²) in [6, 6.07) is 7.67. The first-order valence-corrected chi connectivity index (χ1v) is 5.33. The maximum atomic E-state index is 5.91. The molecule has 0 aliphatic carbocycles. The summed E-state index contributed by atoms with van der Waals surface area (Å²) in [7, 11) is 0. The van der Waals surface area contributed by atoms with E-state index in [2.05, 4.69) is 4.99 Å². The Bertz CT molecular complexity index is 379. The highest BCUT2D eigenvalue weighted by Crippen LogP contribution is 2.25. The van der Waals surface area contributed by atoms with Gasteiger partial charge in [-0.15, -0.1) is 0 Å². The van der Waals surface area contributed by atoms with Gasteiger partial charge in [-0.25, -0.2) is 0 Å². The van der Waals surface area contributed by atoms with Crippen LogP contribution < -0.4 is 5.73 Å². The lowest BCUT2D eigenvalue weighted by Gasteiger charge is -2.11. The normalized spacial score (nSPS) is 19.9. The molecule has 1 aliphatic heterocycles. The minimum absolute atomic E-state index is 0.00486. The van der Waals surface area contributed by atoms with E-state index in [9.17, 15) is 0 Å². The Balaban J connectivity index is 2.04. The second-order valence-corrected chi connectivity index (χ2v) is 3.87. The van der Waals surface area contributed by atoms with E-state index >= 15 is 0 Å². The standard InChI is InChI=1S/C11H13ClN2O/c12-9-3-1-2-8(6-9)10-7-14-11(15-10)4-5-13/h1-3,6,10H,4-5,7,13H2. The van der Waals surface area contributed by atoms with Crippen molar-refractivity contribution in [3.05, 3.63) is 34.9 Å². The largest absolute Gasteiger partial charge is 0.471 e. The van der Waals surface area contributed by atoms with Gasteiger partial charge >= 0.3 is 0 Å². The summed E-state index contributed by atoms with van der Waals surface area (Å²) >= 11 is 5.91. The summed E-state index contributed by atoms with van der Waals surface area (Å²) in [6.07, 6.45) is 0.710. The van der Waals surface area contributed by atoms with E-state index in [0.717, 1.165) is 16.5 Å². The Morgan fingerprint density at radius 2 is 2.40 bits per heavy atom. The molecule has 3 nitrogen and oxygen atoms in total. The number of aliphatic imine (C=N–C) groups is 1. The number of rotatable bonds is 3. The van der Waals surface area contributed by atoms with Crippen LogP contribution in [-0.4, -0.2) is 19.0 Å². The van der Waals surface area contributed by atoms with Gasteiger partial charge in [-0.2, -0.15) is 0 Å².